The molecule has 1 nitrogen and oxygen atoms in total. The van der Waals surface area contributed by atoms with Gasteiger partial charge in [-0.15, -0.1) is 6.42 Å². The van der Waals surface area contributed by atoms with Gasteiger partial charge in [-0.25, -0.2) is 0 Å². The van der Waals surface area contributed by atoms with E-state index in [1.165, 1.54) is 5.56 Å². The fraction of sp³-hybridized carbons (Fsp3) is 0.438. The standard InChI is InChI=1S/C16H21N/c1-7-15(2,3)16(4,5)12-13-8-10-14(17-6)11-9-13/h1,8-11H,6,12H2,2-5H3. The molecule has 0 aliphatic carbocycles. The normalized spacial score (nSPS) is 11.9. The lowest BCUT2D eigenvalue weighted by Gasteiger charge is -2.38. The van der Waals surface area contributed by atoms with Crippen molar-refractivity contribution >= 4 is 12.4 Å². The molecule has 90 valence electrons. The number of aliphatic imine (C=N–C) groups is 1. The van der Waals surface area contributed by atoms with Crippen LogP contribution in [0.25, 0.3) is 0 Å². The van der Waals surface area contributed by atoms with Gasteiger partial charge < -0.3 is 0 Å². The van der Waals surface area contributed by atoms with Crippen LogP contribution in [-0.4, -0.2) is 6.72 Å². The van der Waals surface area contributed by atoms with E-state index in [1.807, 2.05) is 12.1 Å². The number of benzene rings is 1. The number of terminal acetylenes is 1. The molecule has 0 bridgehead atoms. The average molecular weight is 227 g/mol. The van der Waals surface area contributed by atoms with Gasteiger partial charge in [0.1, 0.15) is 0 Å². The van der Waals surface area contributed by atoms with Gasteiger partial charge in [0.25, 0.3) is 0 Å². The Kier molecular flexibility index (Phi) is 3.78. The van der Waals surface area contributed by atoms with E-state index in [-0.39, 0.29) is 10.8 Å². The van der Waals surface area contributed by atoms with Crippen LogP contribution in [0.2, 0.25) is 0 Å². The van der Waals surface area contributed by atoms with Crippen LogP contribution < -0.4 is 0 Å². The lowest BCUT2D eigenvalue weighted by molar-refractivity contribution is 0.176. The highest BCUT2D eigenvalue weighted by atomic mass is 14.7. The number of hydrogen-bond acceptors (Lipinski definition) is 1. The molecule has 0 spiro atoms. The Morgan fingerprint density at radius 1 is 1.18 bits per heavy atom. The summed E-state index contributed by atoms with van der Waals surface area (Å²) in [7, 11) is 0. The highest BCUT2D eigenvalue weighted by Gasteiger charge is 2.35. The monoisotopic (exact) mass is 227 g/mol. The first-order valence-electron chi connectivity index (χ1n) is 5.86. The number of hydrogen-bond donors (Lipinski definition) is 0. The molecule has 0 radical (unpaired) electrons. The van der Waals surface area contributed by atoms with Crippen LogP contribution in [-0.2, 0) is 6.42 Å². The second-order valence-electron chi connectivity index (χ2n) is 5.65. The van der Waals surface area contributed by atoms with Gasteiger partial charge in [0.2, 0.25) is 0 Å². The van der Waals surface area contributed by atoms with Crippen LogP contribution in [0.15, 0.2) is 29.3 Å². The van der Waals surface area contributed by atoms with Crippen molar-refractivity contribution in [3.63, 3.8) is 0 Å². The second-order valence-corrected chi connectivity index (χ2v) is 5.65. The van der Waals surface area contributed by atoms with Gasteiger partial charge >= 0.3 is 0 Å². The Hall–Kier alpha value is -1.55. The third-order valence-corrected chi connectivity index (χ3v) is 3.82. The Morgan fingerprint density at radius 3 is 2.12 bits per heavy atom. The van der Waals surface area contributed by atoms with Gasteiger partial charge in [-0.2, -0.15) is 0 Å². The zero-order valence-corrected chi connectivity index (χ0v) is 11.2. The minimum absolute atomic E-state index is 0.0604. The van der Waals surface area contributed by atoms with Crippen molar-refractivity contribution < 1.29 is 0 Å². The van der Waals surface area contributed by atoms with Gasteiger partial charge in [-0.1, -0.05) is 31.9 Å². The molecule has 0 aliphatic heterocycles. The first-order chi connectivity index (χ1) is 7.82. The van der Waals surface area contributed by atoms with Crippen LogP contribution in [0.3, 0.4) is 0 Å². The number of nitrogens with zero attached hydrogens (tertiary/aromatic N) is 1. The Morgan fingerprint density at radius 2 is 1.71 bits per heavy atom. The maximum atomic E-state index is 5.62. The molecule has 0 aliphatic rings. The van der Waals surface area contributed by atoms with Crippen LogP contribution in [0.4, 0.5) is 5.69 Å². The first-order valence-corrected chi connectivity index (χ1v) is 5.86. The van der Waals surface area contributed by atoms with E-state index in [0.29, 0.717) is 0 Å². The van der Waals surface area contributed by atoms with Crippen LogP contribution >= 0.6 is 0 Å². The van der Waals surface area contributed by atoms with Crippen molar-refractivity contribution in [1.29, 1.82) is 0 Å². The van der Waals surface area contributed by atoms with Crippen molar-refractivity contribution in [2.24, 2.45) is 15.8 Å². The molecular weight excluding hydrogens is 206 g/mol. The van der Waals surface area contributed by atoms with Crippen molar-refractivity contribution in [2.45, 2.75) is 34.1 Å². The minimum atomic E-state index is -0.123. The molecule has 0 aromatic heterocycles. The SMILES string of the molecule is C#CC(C)(C)C(C)(C)Cc1ccc(N=C)cc1. The molecule has 0 fully saturated rings. The van der Waals surface area contributed by atoms with E-state index in [4.69, 9.17) is 6.42 Å². The molecule has 17 heavy (non-hydrogen) atoms. The fourth-order valence-electron chi connectivity index (χ4n) is 1.65. The average Bonchev–Trinajstić information content (AvgIpc) is 2.29. The van der Waals surface area contributed by atoms with E-state index >= 15 is 0 Å². The van der Waals surface area contributed by atoms with Crippen molar-refractivity contribution in [1.82, 2.24) is 0 Å². The molecule has 1 rings (SSSR count). The lowest BCUT2D eigenvalue weighted by Crippen LogP contribution is -2.33. The Bertz CT molecular complexity index is 430. The molecule has 0 N–H and O–H groups in total. The highest BCUT2D eigenvalue weighted by Crippen LogP contribution is 2.40. The molecule has 1 heteroatoms. The summed E-state index contributed by atoms with van der Waals surface area (Å²) in [5.41, 5.74) is 2.13. The molecule has 1 aromatic rings. The minimum Gasteiger partial charge on any atom is -0.265 e. The smallest absolute Gasteiger partial charge is 0.0622 e. The van der Waals surface area contributed by atoms with Gasteiger partial charge in [-0.05, 0) is 50.1 Å². The van der Waals surface area contributed by atoms with Gasteiger partial charge in [-0.3, -0.25) is 4.99 Å². The zero-order valence-electron chi connectivity index (χ0n) is 11.2. The second kappa shape index (κ2) is 4.75. The summed E-state index contributed by atoms with van der Waals surface area (Å²) in [5.74, 6) is 2.90. The fourth-order valence-corrected chi connectivity index (χ4v) is 1.65. The first kappa shape index (κ1) is 13.5. The predicted molar refractivity (Wildman–Crippen MR) is 75.8 cm³/mol. The molecule has 0 saturated heterocycles. The molecule has 0 unspecified atom stereocenters. The van der Waals surface area contributed by atoms with Crippen molar-refractivity contribution in [3.8, 4) is 12.3 Å². The van der Waals surface area contributed by atoms with E-state index in [1.54, 1.807) is 0 Å². The largest absolute Gasteiger partial charge is 0.265 e. The molecular formula is C16H21N. The predicted octanol–water partition coefficient (Wildman–Crippen LogP) is 4.25. The van der Waals surface area contributed by atoms with Gasteiger partial charge in [0.15, 0.2) is 0 Å². The molecule has 0 heterocycles. The molecule has 0 amide bonds. The van der Waals surface area contributed by atoms with E-state index < -0.39 is 0 Å². The number of rotatable bonds is 4. The zero-order chi connectivity index (χ0) is 13.1. The van der Waals surface area contributed by atoms with Gasteiger partial charge in [0.05, 0.1) is 5.69 Å². The van der Waals surface area contributed by atoms with E-state index in [9.17, 15) is 0 Å². The summed E-state index contributed by atoms with van der Waals surface area (Å²) in [6.45, 7) is 12.2. The topological polar surface area (TPSA) is 12.4 Å². The third kappa shape index (κ3) is 2.97. The van der Waals surface area contributed by atoms with E-state index in [2.05, 4.69) is 57.5 Å². The van der Waals surface area contributed by atoms with Crippen LogP contribution in [0, 0.1) is 23.2 Å². The summed E-state index contributed by atoms with van der Waals surface area (Å²) in [4.78, 5) is 3.89. The summed E-state index contributed by atoms with van der Waals surface area (Å²) >= 11 is 0. The van der Waals surface area contributed by atoms with Crippen LogP contribution in [0.5, 0.6) is 0 Å². The Labute approximate surface area is 105 Å². The maximum Gasteiger partial charge on any atom is 0.0622 e. The Balaban J connectivity index is 2.90. The van der Waals surface area contributed by atoms with Gasteiger partial charge in [0, 0.05) is 5.41 Å². The highest BCUT2D eigenvalue weighted by molar-refractivity contribution is 5.46. The molecule has 1 aromatic carbocycles. The lowest BCUT2D eigenvalue weighted by atomic mass is 9.65. The maximum absolute atomic E-state index is 5.62. The molecule has 0 atom stereocenters. The van der Waals surface area contributed by atoms with E-state index in [0.717, 1.165) is 12.1 Å². The summed E-state index contributed by atoms with van der Waals surface area (Å²) in [6.07, 6.45) is 6.58. The summed E-state index contributed by atoms with van der Waals surface area (Å²) in [5, 5.41) is 0. The van der Waals surface area contributed by atoms with Crippen molar-refractivity contribution in [2.75, 3.05) is 0 Å². The molecule has 0 saturated carbocycles. The third-order valence-electron chi connectivity index (χ3n) is 3.82. The van der Waals surface area contributed by atoms with Crippen molar-refractivity contribution in [3.05, 3.63) is 29.8 Å². The summed E-state index contributed by atoms with van der Waals surface area (Å²) < 4.78 is 0. The summed E-state index contributed by atoms with van der Waals surface area (Å²) in [6, 6.07) is 8.17. The van der Waals surface area contributed by atoms with Crippen LogP contribution in [0.1, 0.15) is 33.3 Å². The quantitative estimate of drug-likeness (QED) is 0.538.